The van der Waals surface area contributed by atoms with Gasteiger partial charge < -0.3 is 15.3 Å². The SMILES string of the molecule is CC(C)C(CCO)NC(=O)CCN1C(=O)CCc2cc(F)ccc21. The molecule has 2 N–H and O–H groups in total. The predicted octanol–water partition coefficient (Wildman–Crippen LogP) is 2.02. The molecule has 0 saturated heterocycles. The maximum atomic E-state index is 13.3. The fourth-order valence-corrected chi connectivity index (χ4v) is 2.98. The molecule has 1 aliphatic heterocycles. The quantitative estimate of drug-likeness (QED) is 0.800. The number of aryl methyl sites for hydroxylation is 1. The molecule has 0 saturated carbocycles. The third-order valence-corrected chi connectivity index (χ3v) is 4.40. The molecule has 1 atom stereocenters. The molecule has 2 rings (SSSR count). The number of halogens is 1. The second-order valence-electron chi connectivity index (χ2n) is 6.50. The molecule has 5 nitrogen and oxygen atoms in total. The Balaban J connectivity index is 1.98. The van der Waals surface area contributed by atoms with Crippen LogP contribution in [-0.2, 0) is 16.0 Å². The van der Waals surface area contributed by atoms with Gasteiger partial charge >= 0.3 is 0 Å². The largest absolute Gasteiger partial charge is 0.396 e. The molecule has 6 heteroatoms. The molecular formula is C18H25FN2O3. The number of fused-ring (bicyclic) bond motifs is 1. The van der Waals surface area contributed by atoms with Crippen LogP contribution in [0.5, 0.6) is 0 Å². The van der Waals surface area contributed by atoms with Gasteiger partial charge in [0.05, 0.1) is 0 Å². The van der Waals surface area contributed by atoms with Crippen LogP contribution < -0.4 is 10.2 Å². The van der Waals surface area contributed by atoms with Crippen molar-refractivity contribution in [3.63, 3.8) is 0 Å². The normalized spacial score (nSPS) is 15.4. The number of carbonyl (C=O) groups excluding carboxylic acids is 2. The van der Waals surface area contributed by atoms with E-state index in [1.807, 2.05) is 13.8 Å². The zero-order valence-electron chi connectivity index (χ0n) is 14.2. The van der Waals surface area contributed by atoms with Crippen molar-refractivity contribution in [3.8, 4) is 0 Å². The number of hydrogen-bond acceptors (Lipinski definition) is 3. The Kier molecular flexibility index (Phi) is 6.31. The van der Waals surface area contributed by atoms with Gasteiger partial charge in [0.2, 0.25) is 11.8 Å². The van der Waals surface area contributed by atoms with Gasteiger partial charge in [0.15, 0.2) is 0 Å². The van der Waals surface area contributed by atoms with Crippen LogP contribution in [-0.4, -0.2) is 36.1 Å². The zero-order chi connectivity index (χ0) is 17.7. The standard InChI is InChI=1S/C18H25FN2O3/c1-12(2)15(8-10-22)20-17(23)7-9-21-16-5-4-14(19)11-13(16)3-6-18(21)24/h4-5,11-12,15,22H,3,6-10H2,1-2H3,(H,20,23). The lowest BCUT2D eigenvalue weighted by Gasteiger charge is -2.29. The van der Waals surface area contributed by atoms with E-state index in [4.69, 9.17) is 5.11 Å². The highest BCUT2D eigenvalue weighted by molar-refractivity contribution is 5.97. The summed E-state index contributed by atoms with van der Waals surface area (Å²) in [6, 6.07) is 4.30. The Morgan fingerprint density at radius 2 is 2.12 bits per heavy atom. The third kappa shape index (κ3) is 4.54. The number of amides is 2. The second-order valence-corrected chi connectivity index (χ2v) is 6.50. The van der Waals surface area contributed by atoms with Crippen LogP contribution in [0.1, 0.15) is 38.7 Å². The molecule has 2 amide bonds. The smallest absolute Gasteiger partial charge is 0.227 e. The molecule has 0 spiro atoms. The van der Waals surface area contributed by atoms with Crippen molar-refractivity contribution in [2.45, 2.75) is 45.6 Å². The van der Waals surface area contributed by atoms with Gasteiger partial charge in [-0.1, -0.05) is 13.8 Å². The fraction of sp³-hybridized carbons (Fsp3) is 0.556. The summed E-state index contributed by atoms with van der Waals surface area (Å²) in [6.07, 6.45) is 1.54. The van der Waals surface area contributed by atoms with Gasteiger partial charge in [-0.3, -0.25) is 9.59 Å². The number of aliphatic hydroxyl groups excluding tert-OH is 1. The minimum absolute atomic E-state index is 0.0205. The van der Waals surface area contributed by atoms with E-state index < -0.39 is 0 Å². The van der Waals surface area contributed by atoms with Crippen LogP contribution in [0.2, 0.25) is 0 Å². The van der Waals surface area contributed by atoms with E-state index in [0.29, 0.717) is 24.9 Å². The highest BCUT2D eigenvalue weighted by atomic mass is 19.1. The van der Waals surface area contributed by atoms with Crippen molar-refractivity contribution in [2.75, 3.05) is 18.1 Å². The van der Waals surface area contributed by atoms with Crippen molar-refractivity contribution < 1.29 is 19.1 Å². The summed E-state index contributed by atoms with van der Waals surface area (Å²) < 4.78 is 13.3. The summed E-state index contributed by atoms with van der Waals surface area (Å²) in [6.45, 7) is 4.26. The molecule has 1 aliphatic rings. The number of rotatable bonds is 7. The van der Waals surface area contributed by atoms with Crippen molar-refractivity contribution in [3.05, 3.63) is 29.6 Å². The maximum absolute atomic E-state index is 13.3. The van der Waals surface area contributed by atoms with Crippen LogP contribution in [0, 0.1) is 11.7 Å². The fourth-order valence-electron chi connectivity index (χ4n) is 2.98. The number of carbonyl (C=O) groups is 2. The monoisotopic (exact) mass is 336 g/mol. The summed E-state index contributed by atoms with van der Waals surface area (Å²) in [5.74, 6) is -0.284. The lowest BCUT2D eigenvalue weighted by Crippen LogP contribution is -2.42. The average molecular weight is 336 g/mol. The average Bonchev–Trinajstić information content (AvgIpc) is 2.53. The van der Waals surface area contributed by atoms with Crippen LogP contribution in [0.4, 0.5) is 10.1 Å². The topological polar surface area (TPSA) is 69.6 Å². The predicted molar refractivity (Wildman–Crippen MR) is 90.2 cm³/mol. The van der Waals surface area contributed by atoms with E-state index in [0.717, 1.165) is 5.56 Å². The first-order valence-corrected chi connectivity index (χ1v) is 8.41. The Bertz CT molecular complexity index is 604. The summed E-state index contributed by atoms with van der Waals surface area (Å²) in [4.78, 5) is 25.9. The third-order valence-electron chi connectivity index (χ3n) is 4.40. The number of anilines is 1. The highest BCUT2D eigenvalue weighted by Crippen LogP contribution is 2.28. The molecule has 1 aromatic rings. The summed E-state index contributed by atoms with van der Waals surface area (Å²) in [5, 5.41) is 12.0. The number of benzene rings is 1. The lowest BCUT2D eigenvalue weighted by atomic mass is 10.00. The van der Waals surface area contributed by atoms with Gasteiger partial charge in [0.25, 0.3) is 0 Å². The van der Waals surface area contributed by atoms with E-state index in [2.05, 4.69) is 5.32 Å². The van der Waals surface area contributed by atoms with Gasteiger partial charge in [-0.15, -0.1) is 0 Å². The van der Waals surface area contributed by atoms with Gasteiger partial charge in [-0.2, -0.15) is 0 Å². The molecule has 0 bridgehead atoms. The van der Waals surface area contributed by atoms with Crippen molar-refractivity contribution in [1.82, 2.24) is 5.32 Å². The maximum Gasteiger partial charge on any atom is 0.227 e. The van der Waals surface area contributed by atoms with E-state index in [-0.39, 0.29) is 49.2 Å². The molecule has 0 aromatic heterocycles. The number of hydrogen-bond donors (Lipinski definition) is 2. The van der Waals surface area contributed by atoms with E-state index in [1.165, 1.54) is 12.1 Å². The van der Waals surface area contributed by atoms with Crippen LogP contribution >= 0.6 is 0 Å². The minimum Gasteiger partial charge on any atom is -0.396 e. The molecule has 1 heterocycles. The summed E-state index contributed by atoms with van der Waals surface area (Å²) in [5.41, 5.74) is 1.49. The first kappa shape index (κ1) is 18.4. The first-order valence-electron chi connectivity index (χ1n) is 8.41. The van der Waals surface area contributed by atoms with Gasteiger partial charge in [0.1, 0.15) is 5.82 Å². The molecule has 132 valence electrons. The zero-order valence-corrected chi connectivity index (χ0v) is 14.2. The molecule has 1 unspecified atom stereocenters. The molecular weight excluding hydrogens is 311 g/mol. The van der Waals surface area contributed by atoms with E-state index in [1.54, 1.807) is 11.0 Å². The van der Waals surface area contributed by atoms with Gasteiger partial charge in [0, 0.05) is 37.7 Å². The van der Waals surface area contributed by atoms with Gasteiger partial charge in [-0.05, 0) is 42.5 Å². The molecule has 0 aliphatic carbocycles. The molecule has 0 fully saturated rings. The van der Waals surface area contributed by atoms with Crippen LogP contribution in [0.15, 0.2) is 18.2 Å². The number of nitrogens with one attached hydrogen (secondary N) is 1. The molecule has 0 radical (unpaired) electrons. The Labute approximate surface area is 141 Å². The minimum atomic E-state index is -0.315. The van der Waals surface area contributed by atoms with Crippen LogP contribution in [0.25, 0.3) is 0 Å². The van der Waals surface area contributed by atoms with E-state index in [9.17, 15) is 14.0 Å². The van der Waals surface area contributed by atoms with Crippen molar-refractivity contribution in [2.24, 2.45) is 5.92 Å². The van der Waals surface area contributed by atoms with Crippen molar-refractivity contribution in [1.29, 1.82) is 0 Å². The first-order chi connectivity index (χ1) is 11.4. The molecule has 24 heavy (non-hydrogen) atoms. The summed E-state index contributed by atoms with van der Waals surface area (Å²) in [7, 11) is 0. The summed E-state index contributed by atoms with van der Waals surface area (Å²) >= 11 is 0. The Morgan fingerprint density at radius 3 is 2.79 bits per heavy atom. The van der Waals surface area contributed by atoms with Crippen LogP contribution in [0.3, 0.4) is 0 Å². The molecule has 1 aromatic carbocycles. The second kappa shape index (κ2) is 8.24. The number of nitrogens with zero attached hydrogens (tertiary/aromatic N) is 1. The Morgan fingerprint density at radius 1 is 1.38 bits per heavy atom. The highest BCUT2D eigenvalue weighted by Gasteiger charge is 2.25. The Hall–Kier alpha value is -1.95. The van der Waals surface area contributed by atoms with Crippen molar-refractivity contribution >= 4 is 17.5 Å². The van der Waals surface area contributed by atoms with Gasteiger partial charge in [-0.25, -0.2) is 4.39 Å². The van der Waals surface area contributed by atoms with E-state index >= 15 is 0 Å². The number of aliphatic hydroxyl groups is 1. The lowest BCUT2D eigenvalue weighted by molar-refractivity contribution is -0.122.